The van der Waals surface area contributed by atoms with Crippen LogP contribution in [0.1, 0.15) is 32.4 Å². The number of halogens is 1. The molecule has 2 aromatic carbocycles. The third-order valence-corrected chi connectivity index (χ3v) is 6.40. The molecule has 0 amide bonds. The summed E-state index contributed by atoms with van der Waals surface area (Å²) in [7, 11) is 0. The van der Waals surface area contributed by atoms with E-state index in [9.17, 15) is 5.11 Å². The average Bonchev–Trinajstić information content (AvgIpc) is 3.17. The van der Waals surface area contributed by atoms with Crippen LogP contribution in [0.25, 0.3) is 32.1 Å². The lowest BCUT2D eigenvalue weighted by atomic mass is 9.95. The van der Waals surface area contributed by atoms with E-state index in [0.29, 0.717) is 16.7 Å². The van der Waals surface area contributed by atoms with Gasteiger partial charge in [-0.1, -0.05) is 26.0 Å². The molecule has 0 spiro atoms. The molecule has 4 rings (SSSR count). The highest BCUT2D eigenvalue weighted by molar-refractivity contribution is 7.17. The molecule has 0 radical (unpaired) electrons. The number of benzene rings is 2. The van der Waals surface area contributed by atoms with Crippen LogP contribution in [-0.4, -0.2) is 28.1 Å². The Labute approximate surface area is 168 Å². The molecule has 1 N–H and O–H groups in total. The van der Waals surface area contributed by atoms with Gasteiger partial charge in [-0.25, -0.2) is 4.39 Å². The van der Waals surface area contributed by atoms with E-state index >= 15 is 4.39 Å². The highest BCUT2D eigenvalue weighted by Crippen LogP contribution is 2.41. The molecule has 0 bridgehead atoms. The number of fused-ring (bicyclic) bond motifs is 3. The molecular formula is C23H23FN2OS. The number of thiophene rings is 1. The highest BCUT2D eigenvalue weighted by atomic mass is 32.1. The predicted octanol–water partition coefficient (Wildman–Crippen LogP) is 6.36. The Bertz CT molecular complexity index is 1150. The zero-order valence-corrected chi connectivity index (χ0v) is 17.1. The Kier molecular flexibility index (Phi) is 5.04. The topological polar surface area (TPSA) is 36.4 Å². The number of nitrogens with zero attached hydrogens (tertiary/aromatic N) is 2. The Morgan fingerprint density at radius 2 is 1.93 bits per heavy atom. The van der Waals surface area contributed by atoms with E-state index in [-0.39, 0.29) is 17.6 Å². The zero-order valence-electron chi connectivity index (χ0n) is 16.2. The second-order valence-electron chi connectivity index (χ2n) is 6.94. The number of hydrogen-bond donors (Lipinski definition) is 1. The minimum Gasteiger partial charge on any atom is -0.507 e. The Balaban J connectivity index is 1.90. The number of phenolic OH excluding ortho intramolecular Hbond substituents is 1. The van der Waals surface area contributed by atoms with Gasteiger partial charge in [0.1, 0.15) is 11.6 Å². The molecule has 0 aliphatic heterocycles. The summed E-state index contributed by atoms with van der Waals surface area (Å²) in [4.78, 5) is 6.74. The number of aromatic hydroxyl groups is 1. The molecule has 1 atom stereocenters. The second-order valence-corrected chi connectivity index (χ2v) is 7.89. The third kappa shape index (κ3) is 3.05. The molecule has 0 saturated carbocycles. The van der Waals surface area contributed by atoms with Gasteiger partial charge in [0.05, 0.1) is 10.2 Å². The smallest absolute Gasteiger partial charge is 0.128 e. The van der Waals surface area contributed by atoms with Crippen LogP contribution in [0.4, 0.5) is 4.39 Å². The molecule has 0 aliphatic rings. The van der Waals surface area contributed by atoms with Gasteiger partial charge in [-0.15, -0.1) is 11.3 Å². The molecule has 2 aromatic heterocycles. The van der Waals surface area contributed by atoms with E-state index < -0.39 is 0 Å². The standard InChI is InChI=1S/C23H23FN2OS/c1-4-26(5-2)14(3)16-7-6-15(12-18(16)24)22-20(27)9-8-19-23(22)17-10-11-28-21(17)13-25-19/h6-14,27H,4-5H2,1-3H3. The number of pyridine rings is 1. The van der Waals surface area contributed by atoms with Crippen LogP contribution in [-0.2, 0) is 0 Å². The van der Waals surface area contributed by atoms with Gasteiger partial charge in [-0.3, -0.25) is 9.88 Å². The quantitative estimate of drug-likeness (QED) is 0.428. The normalized spacial score (nSPS) is 12.9. The molecule has 4 aromatic rings. The van der Waals surface area contributed by atoms with E-state index in [1.165, 1.54) is 6.07 Å². The van der Waals surface area contributed by atoms with Crippen LogP contribution in [0.3, 0.4) is 0 Å². The van der Waals surface area contributed by atoms with Crippen molar-refractivity contribution in [2.45, 2.75) is 26.8 Å². The van der Waals surface area contributed by atoms with E-state index in [0.717, 1.165) is 34.1 Å². The van der Waals surface area contributed by atoms with Gasteiger partial charge in [0.25, 0.3) is 0 Å². The van der Waals surface area contributed by atoms with Crippen molar-refractivity contribution in [3.05, 3.63) is 59.4 Å². The van der Waals surface area contributed by atoms with Crippen molar-refractivity contribution in [1.29, 1.82) is 0 Å². The molecular weight excluding hydrogens is 371 g/mol. The van der Waals surface area contributed by atoms with Crippen LogP contribution in [0.5, 0.6) is 5.75 Å². The van der Waals surface area contributed by atoms with Crippen LogP contribution in [0, 0.1) is 5.82 Å². The zero-order chi connectivity index (χ0) is 19.8. The SMILES string of the molecule is CCN(CC)C(C)c1ccc(-c2c(O)ccc3ncc4sccc4c23)cc1F. The van der Waals surface area contributed by atoms with Crippen molar-refractivity contribution in [3.63, 3.8) is 0 Å². The largest absolute Gasteiger partial charge is 0.507 e. The first-order valence-electron chi connectivity index (χ1n) is 9.56. The van der Waals surface area contributed by atoms with Crippen LogP contribution < -0.4 is 0 Å². The molecule has 1 unspecified atom stereocenters. The summed E-state index contributed by atoms with van der Waals surface area (Å²) in [6.07, 6.45) is 1.85. The first-order valence-corrected chi connectivity index (χ1v) is 10.4. The van der Waals surface area contributed by atoms with E-state index in [2.05, 4.69) is 23.7 Å². The average molecular weight is 395 g/mol. The minimum atomic E-state index is -0.251. The maximum absolute atomic E-state index is 15.1. The van der Waals surface area contributed by atoms with Gasteiger partial charge < -0.3 is 5.11 Å². The van der Waals surface area contributed by atoms with Crippen LogP contribution in [0.15, 0.2) is 48.0 Å². The summed E-state index contributed by atoms with van der Waals surface area (Å²) in [5.74, 6) is -0.115. The van der Waals surface area contributed by atoms with Crippen LogP contribution >= 0.6 is 11.3 Å². The molecule has 0 aliphatic carbocycles. The molecule has 28 heavy (non-hydrogen) atoms. The Hall–Kier alpha value is -2.50. The Morgan fingerprint density at radius 3 is 2.64 bits per heavy atom. The summed E-state index contributed by atoms with van der Waals surface area (Å²) >= 11 is 1.61. The number of hydrogen-bond acceptors (Lipinski definition) is 4. The van der Waals surface area contributed by atoms with Crippen molar-refractivity contribution < 1.29 is 9.50 Å². The lowest BCUT2D eigenvalue weighted by Gasteiger charge is -2.27. The maximum atomic E-state index is 15.1. The van der Waals surface area contributed by atoms with Crippen molar-refractivity contribution in [2.24, 2.45) is 0 Å². The number of aromatic nitrogens is 1. The van der Waals surface area contributed by atoms with Crippen molar-refractivity contribution in [1.82, 2.24) is 9.88 Å². The first kappa shape index (κ1) is 18.8. The van der Waals surface area contributed by atoms with Gasteiger partial charge in [0, 0.05) is 34.1 Å². The van der Waals surface area contributed by atoms with Gasteiger partial charge in [0.15, 0.2) is 0 Å². The lowest BCUT2D eigenvalue weighted by Crippen LogP contribution is -2.27. The fourth-order valence-electron chi connectivity index (χ4n) is 4.00. The van der Waals surface area contributed by atoms with Crippen molar-refractivity contribution in [2.75, 3.05) is 13.1 Å². The summed E-state index contributed by atoms with van der Waals surface area (Å²) in [5.41, 5.74) is 2.76. The van der Waals surface area contributed by atoms with Gasteiger partial charge >= 0.3 is 0 Å². The van der Waals surface area contributed by atoms with E-state index in [1.54, 1.807) is 23.5 Å². The predicted molar refractivity (Wildman–Crippen MR) is 116 cm³/mol. The van der Waals surface area contributed by atoms with E-state index in [4.69, 9.17) is 0 Å². The summed E-state index contributed by atoms with van der Waals surface area (Å²) < 4.78 is 16.1. The summed E-state index contributed by atoms with van der Waals surface area (Å²) in [6, 6.07) is 10.7. The van der Waals surface area contributed by atoms with Gasteiger partial charge in [0.2, 0.25) is 0 Å². The summed E-state index contributed by atoms with van der Waals surface area (Å²) in [6.45, 7) is 7.92. The molecule has 5 heteroatoms. The first-order chi connectivity index (χ1) is 13.5. The fraction of sp³-hybridized carbons (Fsp3) is 0.261. The summed E-state index contributed by atoms with van der Waals surface area (Å²) in [5, 5.41) is 14.5. The monoisotopic (exact) mass is 394 g/mol. The molecule has 2 heterocycles. The molecule has 144 valence electrons. The Morgan fingerprint density at radius 1 is 1.14 bits per heavy atom. The number of rotatable bonds is 5. The minimum absolute atomic E-state index is 0.00425. The molecule has 0 saturated heterocycles. The highest BCUT2D eigenvalue weighted by Gasteiger charge is 2.19. The lowest BCUT2D eigenvalue weighted by molar-refractivity contribution is 0.230. The van der Waals surface area contributed by atoms with Crippen molar-refractivity contribution >= 4 is 32.3 Å². The third-order valence-electron chi connectivity index (χ3n) is 5.55. The van der Waals surface area contributed by atoms with Crippen LogP contribution in [0.2, 0.25) is 0 Å². The molecule has 3 nitrogen and oxygen atoms in total. The molecule has 0 fully saturated rings. The van der Waals surface area contributed by atoms with E-state index in [1.807, 2.05) is 36.7 Å². The van der Waals surface area contributed by atoms with Gasteiger partial charge in [-0.05, 0) is 55.2 Å². The second kappa shape index (κ2) is 7.49. The fourth-order valence-corrected chi connectivity index (χ4v) is 4.76. The van der Waals surface area contributed by atoms with Crippen molar-refractivity contribution in [3.8, 4) is 16.9 Å². The maximum Gasteiger partial charge on any atom is 0.128 e. The van der Waals surface area contributed by atoms with Gasteiger partial charge in [-0.2, -0.15) is 0 Å². The number of phenols is 1.